The van der Waals surface area contributed by atoms with E-state index in [0.717, 1.165) is 49.7 Å². The Labute approximate surface area is 208 Å². The van der Waals surface area contributed by atoms with Crippen LogP contribution in [0.5, 0.6) is 11.8 Å². The van der Waals surface area contributed by atoms with E-state index in [1.165, 1.54) is 5.56 Å². The van der Waals surface area contributed by atoms with Gasteiger partial charge in [-0.15, -0.1) is 0 Å². The third-order valence-corrected chi connectivity index (χ3v) is 5.26. The highest BCUT2D eigenvalue weighted by atomic mass is 16.5. The molecule has 0 bridgehead atoms. The number of hydrogen-bond acceptors (Lipinski definition) is 6. The molecule has 2 rings (SSSR count). The maximum absolute atomic E-state index is 5.69. The fourth-order valence-electron chi connectivity index (χ4n) is 3.06. The van der Waals surface area contributed by atoms with Gasteiger partial charge in [-0.05, 0) is 99.9 Å². The molecule has 0 aliphatic heterocycles. The molecule has 6 heteroatoms. The molecule has 0 saturated carbocycles. The molecule has 0 fully saturated rings. The van der Waals surface area contributed by atoms with Crippen LogP contribution in [0.15, 0.2) is 36.7 Å². The smallest absolute Gasteiger partial charge is 0.216 e. The van der Waals surface area contributed by atoms with E-state index in [0.29, 0.717) is 6.61 Å². The van der Waals surface area contributed by atoms with Crippen LogP contribution in [0.25, 0.3) is 0 Å². The van der Waals surface area contributed by atoms with Gasteiger partial charge in [0.15, 0.2) is 0 Å². The van der Waals surface area contributed by atoms with Gasteiger partial charge in [0.2, 0.25) is 11.8 Å². The first kappa shape index (κ1) is 29.9. The molecule has 2 heterocycles. The van der Waals surface area contributed by atoms with Crippen molar-refractivity contribution < 1.29 is 9.47 Å². The zero-order valence-corrected chi connectivity index (χ0v) is 23.0. The van der Waals surface area contributed by atoms with Gasteiger partial charge < -0.3 is 20.1 Å². The Balaban J connectivity index is 0.000000340. The summed E-state index contributed by atoms with van der Waals surface area (Å²) in [5.41, 5.74) is 2.70. The Morgan fingerprint density at radius 3 is 1.85 bits per heavy atom. The summed E-state index contributed by atoms with van der Waals surface area (Å²) in [6.45, 7) is 21.7. The minimum atomic E-state index is 0.154. The molecule has 0 amide bonds. The summed E-state index contributed by atoms with van der Waals surface area (Å²) in [4.78, 5) is 8.54. The van der Waals surface area contributed by atoms with Crippen molar-refractivity contribution in [1.82, 2.24) is 20.6 Å². The molecule has 0 spiro atoms. The molecule has 2 aromatic rings. The molecule has 0 unspecified atom stereocenters. The molecule has 0 radical (unpaired) electrons. The first-order valence-electron chi connectivity index (χ1n) is 12.6. The molecular weight excluding hydrogens is 424 g/mol. The number of ether oxygens (including phenoxy) is 2. The predicted molar refractivity (Wildman–Crippen MR) is 143 cm³/mol. The second kappa shape index (κ2) is 14.9. The van der Waals surface area contributed by atoms with Crippen molar-refractivity contribution in [3.8, 4) is 11.8 Å². The largest absolute Gasteiger partial charge is 0.478 e. The zero-order chi connectivity index (χ0) is 25.6. The summed E-state index contributed by atoms with van der Waals surface area (Å²) in [6, 6.07) is 8.08. The van der Waals surface area contributed by atoms with Crippen LogP contribution in [-0.4, -0.2) is 46.8 Å². The van der Waals surface area contributed by atoms with Gasteiger partial charge in [0.05, 0.1) is 12.7 Å². The molecule has 2 aromatic heterocycles. The lowest BCUT2D eigenvalue weighted by atomic mass is 10.0. The normalized spacial score (nSPS) is 11.7. The van der Waals surface area contributed by atoms with Crippen molar-refractivity contribution in [3.05, 3.63) is 47.8 Å². The highest BCUT2D eigenvalue weighted by Crippen LogP contribution is 2.17. The molecule has 0 saturated heterocycles. The van der Waals surface area contributed by atoms with Gasteiger partial charge in [0.25, 0.3) is 0 Å². The highest BCUT2D eigenvalue weighted by molar-refractivity contribution is 5.26. The van der Waals surface area contributed by atoms with Gasteiger partial charge in [-0.2, -0.15) is 0 Å². The number of nitrogens with one attached hydrogen (secondary N) is 2. The first-order valence-corrected chi connectivity index (χ1v) is 12.6. The Morgan fingerprint density at radius 2 is 1.35 bits per heavy atom. The van der Waals surface area contributed by atoms with E-state index in [-0.39, 0.29) is 17.2 Å². The van der Waals surface area contributed by atoms with E-state index in [9.17, 15) is 0 Å². The molecule has 192 valence electrons. The van der Waals surface area contributed by atoms with E-state index in [1.807, 2.05) is 32.9 Å². The van der Waals surface area contributed by atoms with Crippen molar-refractivity contribution in [3.63, 3.8) is 0 Å². The fraction of sp³-hybridized carbons (Fsp3) is 0.643. The first-order chi connectivity index (χ1) is 16.0. The number of pyridine rings is 2. The highest BCUT2D eigenvalue weighted by Gasteiger charge is 2.14. The van der Waals surface area contributed by atoms with Crippen LogP contribution in [-0.2, 0) is 12.8 Å². The van der Waals surface area contributed by atoms with Gasteiger partial charge in [-0.1, -0.05) is 19.1 Å². The fourth-order valence-corrected chi connectivity index (χ4v) is 3.06. The third-order valence-electron chi connectivity index (χ3n) is 5.26. The quantitative estimate of drug-likeness (QED) is 0.419. The second-order valence-electron chi connectivity index (χ2n) is 10.4. The average molecular weight is 473 g/mol. The van der Waals surface area contributed by atoms with Crippen molar-refractivity contribution in [2.45, 2.75) is 98.8 Å². The lowest BCUT2D eigenvalue weighted by molar-refractivity contribution is 0.229. The van der Waals surface area contributed by atoms with E-state index < -0.39 is 0 Å². The van der Waals surface area contributed by atoms with Crippen LogP contribution < -0.4 is 20.1 Å². The van der Waals surface area contributed by atoms with Crippen molar-refractivity contribution in [2.24, 2.45) is 0 Å². The van der Waals surface area contributed by atoms with Gasteiger partial charge in [-0.25, -0.2) is 9.97 Å². The number of hydrogen-bond donors (Lipinski definition) is 2. The standard InChI is InChI=1S/2C14H24N2O/c1-11(2)17-13-12(7-6-9-15-13)8-10-16-14(3,4)5;1-5-14(3,4)16-11-9-12-8-7-10-15-13(12)17-6-2/h6-7,9,11,16H,8,10H2,1-5H3;7-8,10,16H,5-6,9,11H2,1-4H3. The topological polar surface area (TPSA) is 68.3 Å². The number of nitrogens with zero attached hydrogens (tertiary/aromatic N) is 2. The van der Waals surface area contributed by atoms with Crippen molar-refractivity contribution >= 4 is 0 Å². The van der Waals surface area contributed by atoms with Gasteiger partial charge in [0.1, 0.15) is 0 Å². The van der Waals surface area contributed by atoms with Crippen molar-refractivity contribution in [1.29, 1.82) is 0 Å². The monoisotopic (exact) mass is 472 g/mol. The number of aromatic nitrogens is 2. The summed E-state index contributed by atoms with van der Waals surface area (Å²) in [7, 11) is 0. The zero-order valence-electron chi connectivity index (χ0n) is 23.0. The molecule has 0 aliphatic rings. The van der Waals surface area contributed by atoms with E-state index in [1.54, 1.807) is 12.4 Å². The molecule has 0 aromatic carbocycles. The SMILES string of the molecule is CC(C)Oc1ncccc1CCNC(C)(C)C.CCOc1ncccc1CCNC(C)(C)CC. The average Bonchev–Trinajstić information content (AvgIpc) is 2.75. The van der Waals surface area contributed by atoms with E-state index >= 15 is 0 Å². The molecule has 0 aliphatic carbocycles. The summed E-state index contributed by atoms with van der Waals surface area (Å²) in [5, 5.41) is 7.01. The van der Waals surface area contributed by atoms with Gasteiger partial charge in [-0.3, -0.25) is 0 Å². The van der Waals surface area contributed by atoms with E-state index in [4.69, 9.17) is 9.47 Å². The molecule has 0 atom stereocenters. The Kier molecular flexibility index (Phi) is 13.1. The maximum Gasteiger partial charge on any atom is 0.216 e. The summed E-state index contributed by atoms with van der Waals surface area (Å²) in [5.74, 6) is 1.53. The summed E-state index contributed by atoms with van der Waals surface area (Å²) in [6.07, 6.45) is 6.73. The summed E-state index contributed by atoms with van der Waals surface area (Å²) < 4.78 is 11.2. The van der Waals surface area contributed by atoms with Crippen LogP contribution >= 0.6 is 0 Å². The Hall–Kier alpha value is -2.18. The lowest BCUT2D eigenvalue weighted by Crippen LogP contribution is -2.39. The molecule has 2 N–H and O–H groups in total. The van der Waals surface area contributed by atoms with Crippen LogP contribution in [0.4, 0.5) is 0 Å². The third kappa shape index (κ3) is 12.9. The van der Waals surface area contributed by atoms with E-state index in [2.05, 4.69) is 74.3 Å². The van der Waals surface area contributed by atoms with Gasteiger partial charge >= 0.3 is 0 Å². The molecule has 6 nitrogen and oxygen atoms in total. The Morgan fingerprint density at radius 1 is 0.824 bits per heavy atom. The van der Waals surface area contributed by atoms with Crippen LogP contribution in [0.2, 0.25) is 0 Å². The van der Waals surface area contributed by atoms with Crippen LogP contribution in [0.3, 0.4) is 0 Å². The summed E-state index contributed by atoms with van der Waals surface area (Å²) >= 11 is 0. The van der Waals surface area contributed by atoms with Crippen LogP contribution in [0.1, 0.15) is 79.9 Å². The van der Waals surface area contributed by atoms with Crippen LogP contribution in [0, 0.1) is 0 Å². The predicted octanol–water partition coefficient (Wildman–Crippen LogP) is 5.60. The Bertz CT molecular complexity index is 816. The lowest BCUT2D eigenvalue weighted by Gasteiger charge is -2.24. The van der Waals surface area contributed by atoms with Crippen molar-refractivity contribution in [2.75, 3.05) is 19.7 Å². The maximum atomic E-state index is 5.69. The molecule has 34 heavy (non-hydrogen) atoms. The second-order valence-corrected chi connectivity index (χ2v) is 10.4. The minimum Gasteiger partial charge on any atom is -0.478 e. The molecular formula is C28H48N4O2. The minimum absolute atomic E-state index is 0.154. The number of rotatable bonds is 12. The van der Waals surface area contributed by atoms with Gasteiger partial charge in [0, 0.05) is 34.6 Å².